The highest BCUT2D eigenvalue weighted by Crippen LogP contribution is 2.36. The standard InChI is InChI=1S/C29H31N3O9S/c1-4-39-24(34)11-8-16-42-28-25(30-23(33)18-40-22-9-6-5-7-10-22)27(35)31(28)26(19(2)3)29(36)41-17-20-12-14-21(15-13-20)32(37)38/h5-10,12-16,25,28H,4,11,17-18H2,1-3H3,(H,30,33)/b16-8+. The second-order valence-corrected chi connectivity index (χ2v) is 10.1. The normalized spacial score (nSPS) is 15.9. The maximum absolute atomic E-state index is 13.3. The molecule has 0 radical (unpaired) electrons. The maximum atomic E-state index is 13.3. The first-order valence-electron chi connectivity index (χ1n) is 13.0. The number of β-lactam (4-membered cyclic amide) rings is 1. The second kappa shape index (κ2) is 15.4. The smallest absolute Gasteiger partial charge is 0.355 e. The van der Waals surface area contributed by atoms with Gasteiger partial charge in [0.15, 0.2) is 6.61 Å². The lowest BCUT2D eigenvalue weighted by Crippen LogP contribution is -2.69. The van der Waals surface area contributed by atoms with Crippen molar-refractivity contribution < 1.29 is 38.3 Å². The molecule has 0 spiro atoms. The van der Waals surface area contributed by atoms with Gasteiger partial charge in [-0.15, -0.1) is 11.8 Å². The van der Waals surface area contributed by atoms with Crippen LogP contribution in [0.25, 0.3) is 0 Å². The zero-order valence-electron chi connectivity index (χ0n) is 23.3. The molecule has 0 aromatic heterocycles. The number of hydrogen-bond acceptors (Lipinski definition) is 10. The summed E-state index contributed by atoms with van der Waals surface area (Å²) in [5.41, 5.74) is 0.923. The number of hydrogen-bond donors (Lipinski definition) is 1. The Labute approximate surface area is 246 Å². The zero-order chi connectivity index (χ0) is 30.6. The van der Waals surface area contributed by atoms with Gasteiger partial charge in [-0.2, -0.15) is 0 Å². The first-order valence-corrected chi connectivity index (χ1v) is 13.9. The summed E-state index contributed by atoms with van der Waals surface area (Å²) >= 11 is 1.14. The Balaban J connectivity index is 1.72. The van der Waals surface area contributed by atoms with E-state index < -0.39 is 40.1 Å². The zero-order valence-corrected chi connectivity index (χ0v) is 24.1. The summed E-state index contributed by atoms with van der Waals surface area (Å²) in [4.78, 5) is 62.4. The Morgan fingerprint density at radius 2 is 1.76 bits per heavy atom. The summed E-state index contributed by atoms with van der Waals surface area (Å²) in [5, 5.41) is 14.4. The van der Waals surface area contributed by atoms with Gasteiger partial charge in [-0.3, -0.25) is 29.4 Å². The number of nitrogens with one attached hydrogen (secondary N) is 1. The van der Waals surface area contributed by atoms with Crippen LogP contribution in [0.2, 0.25) is 0 Å². The minimum absolute atomic E-state index is 0.00392. The van der Waals surface area contributed by atoms with E-state index in [9.17, 15) is 29.3 Å². The Morgan fingerprint density at radius 3 is 2.38 bits per heavy atom. The van der Waals surface area contributed by atoms with Crippen molar-refractivity contribution in [3.05, 3.63) is 93.0 Å². The third-order valence-electron chi connectivity index (χ3n) is 5.80. The quantitative estimate of drug-likeness (QED) is 0.112. The van der Waals surface area contributed by atoms with E-state index >= 15 is 0 Å². The number of nitro groups is 1. The number of nitro benzene ring substituents is 1. The second-order valence-electron chi connectivity index (χ2n) is 9.11. The van der Waals surface area contributed by atoms with Crippen LogP contribution in [-0.4, -0.2) is 58.2 Å². The summed E-state index contributed by atoms with van der Waals surface area (Å²) in [7, 11) is 0. The van der Waals surface area contributed by atoms with Gasteiger partial charge in [0, 0.05) is 12.1 Å². The van der Waals surface area contributed by atoms with Gasteiger partial charge in [-0.05, 0) is 61.6 Å². The van der Waals surface area contributed by atoms with Crippen LogP contribution in [0, 0.1) is 10.1 Å². The van der Waals surface area contributed by atoms with Gasteiger partial charge >= 0.3 is 11.9 Å². The predicted molar refractivity (Wildman–Crippen MR) is 154 cm³/mol. The van der Waals surface area contributed by atoms with Crippen molar-refractivity contribution in [2.75, 3.05) is 13.2 Å². The molecule has 222 valence electrons. The lowest BCUT2D eigenvalue weighted by molar-refractivity contribution is -0.384. The molecule has 13 heteroatoms. The molecule has 1 heterocycles. The molecule has 42 heavy (non-hydrogen) atoms. The molecule has 2 atom stereocenters. The van der Waals surface area contributed by atoms with Crippen molar-refractivity contribution in [3.8, 4) is 5.75 Å². The minimum Gasteiger partial charge on any atom is -0.484 e. The van der Waals surface area contributed by atoms with Crippen LogP contribution in [0.3, 0.4) is 0 Å². The van der Waals surface area contributed by atoms with E-state index in [2.05, 4.69) is 5.32 Å². The molecule has 1 N–H and O–H groups in total. The number of carbonyl (C=O) groups excluding carboxylic acids is 4. The highest BCUT2D eigenvalue weighted by atomic mass is 32.2. The molecule has 2 aromatic carbocycles. The molecule has 1 fully saturated rings. The number of rotatable bonds is 14. The molecule has 2 unspecified atom stereocenters. The van der Waals surface area contributed by atoms with Crippen LogP contribution in [-0.2, 0) is 35.3 Å². The number of ether oxygens (including phenoxy) is 3. The van der Waals surface area contributed by atoms with E-state index in [-0.39, 0.29) is 37.6 Å². The fourth-order valence-corrected chi connectivity index (χ4v) is 4.87. The van der Waals surface area contributed by atoms with Gasteiger partial charge in [0.1, 0.15) is 29.5 Å². The number of non-ortho nitro benzene ring substituents is 1. The molecule has 0 aliphatic carbocycles. The SMILES string of the molecule is CCOC(=O)C/C=C/SC1C(NC(=O)COc2ccccc2)C(=O)N1C(C(=O)OCc1ccc([N+](=O)[O-])cc1)=C(C)C. The average molecular weight is 598 g/mol. The van der Waals surface area contributed by atoms with E-state index in [4.69, 9.17) is 14.2 Å². The fourth-order valence-electron chi connectivity index (χ4n) is 3.83. The molecule has 0 bridgehead atoms. The van der Waals surface area contributed by atoms with Crippen molar-refractivity contribution in [1.82, 2.24) is 10.2 Å². The van der Waals surface area contributed by atoms with Crippen LogP contribution in [0.4, 0.5) is 5.69 Å². The predicted octanol–water partition coefficient (Wildman–Crippen LogP) is 3.86. The Morgan fingerprint density at radius 1 is 1.07 bits per heavy atom. The van der Waals surface area contributed by atoms with Crippen LogP contribution in [0.15, 0.2) is 77.4 Å². The Bertz CT molecular complexity index is 1360. The molecular formula is C29H31N3O9S. The number of likely N-dealkylation sites (tertiary alicyclic amines) is 1. The number of para-hydroxylation sites is 1. The summed E-state index contributed by atoms with van der Waals surface area (Å²) in [6.45, 7) is 4.74. The van der Waals surface area contributed by atoms with Crippen molar-refractivity contribution in [2.45, 2.75) is 45.2 Å². The molecule has 1 saturated heterocycles. The monoisotopic (exact) mass is 597 g/mol. The van der Waals surface area contributed by atoms with Gasteiger partial charge in [0.25, 0.3) is 17.5 Å². The van der Waals surface area contributed by atoms with Crippen LogP contribution in [0.1, 0.15) is 32.8 Å². The third kappa shape index (κ3) is 8.67. The average Bonchev–Trinajstić information content (AvgIpc) is 2.97. The van der Waals surface area contributed by atoms with Gasteiger partial charge in [-0.25, -0.2) is 4.79 Å². The molecule has 2 amide bonds. The van der Waals surface area contributed by atoms with Gasteiger partial charge < -0.3 is 19.5 Å². The molecule has 0 saturated carbocycles. The van der Waals surface area contributed by atoms with Gasteiger partial charge in [0.05, 0.1) is 18.0 Å². The highest BCUT2D eigenvalue weighted by molar-refractivity contribution is 8.02. The van der Waals surface area contributed by atoms with E-state index in [0.29, 0.717) is 16.9 Å². The topological polar surface area (TPSA) is 154 Å². The van der Waals surface area contributed by atoms with E-state index in [1.165, 1.54) is 29.2 Å². The maximum Gasteiger partial charge on any atom is 0.355 e. The first kappa shape index (κ1) is 31.9. The Hall–Kier alpha value is -4.65. The van der Waals surface area contributed by atoms with E-state index in [1.807, 2.05) is 6.07 Å². The van der Waals surface area contributed by atoms with E-state index in [1.54, 1.807) is 56.5 Å². The third-order valence-corrected chi connectivity index (χ3v) is 6.91. The summed E-state index contributed by atoms with van der Waals surface area (Å²) in [5.74, 6) is -1.76. The largest absolute Gasteiger partial charge is 0.484 e. The highest BCUT2D eigenvalue weighted by Gasteiger charge is 2.51. The number of esters is 2. The van der Waals surface area contributed by atoms with Gasteiger partial charge in [0.2, 0.25) is 0 Å². The van der Waals surface area contributed by atoms with Crippen molar-refractivity contribution in [3.63, 3.8) is 0 Å². The number of amides is 2. The molecule has 12 nitrogen and oxygen atoms in total. The minimum atomic E-state index is -0.981. The number of carbonyl (C=O) groups is 4. The molecule has 1 aliphatic rings. The molecular weight excluding hydrogens is 566 g/mol. The molecule has 2 aromatic rings. The van der Waals surface area contributed by atoms with Crippen molar-refractivity contribution in [2.24, 2.45) is 0 Å². The summed E-state index contributed by atoms with van der Waals surface area (Å²) < 4.78 is 15.8. The van der Waals surface area contributed by atoms with Crippen LogP contribution >= 0.6 is 11.8 Å². The fraction of sp³-hybridized carbons (Fsp3) is 0.310. The lowest BCUT2D eigenvalue weighted by atomic mass is 10.0. The summed E-state index contributed by atoms with van der Waals surface area (Å²) in [6.07, 6.45) is 1.58. The molecule has 3 rings (SSSR count). The number of benzene rings is 2. The number of allylic oxidation sites excluding steroid dienone is 1. The number of nitrogens with zero attached hydrogens (tertiary/aromatic N) is 2. The lowest BCUT2D eigenvalue weighted by Gasteiger charge is -2.46. The van der Waals surface area contributed by atoms with E-state index in [0.717, 1.165) is 11.8 Å². The first-order chi connectivity index (χ1) is 20.1. The summed E-state index contributed by atoms with van der Waals surface area (Å²) in [6, 6.07) is 13.3. The van der Waals surface area contributed by atoms with Gasteiger partial charge in [-0.1, -0.05) is 24.3 Å². The van der Waals surface area contributed by atoms with Crippen LogP contribution < -0.4 is 10.1 Å². The van der Waals surface area contributed by atoms with Crippen molar-refractivity contribution in [1.29, 1.82) is 0 Å². The van der Waals surface area contributed by atoms with Crippen molar-refractivity contribution >= 4 is 41.2 Å². The van der Waals surface area contributed by atoms with Crippen LogP contribution in [0.5, 0.6) is 5.75 Å². The molecule has 1 aliphatic heterocycles. The Kier molecular flexibility index (Phi) is 11.7. The number of thioether (sulfide) groups is 1.